The van der Waals surface area contributed by atoms with Crippen molar-refractivity contribution in [2.75, 3.05) is 0 Å². The van der Waals surface area contributed by atoms with Crippen molar-refractivity contribution in [1.82, 2.24) is 14.9 Å². The summed E-state index contributed by atoms with van der Waals surface area (Å²) in [5.41, 5.74) is 0.162. The fourth-order valence-electron chi connectivity index (χ4n) is 1.74. The van der Waals surface area contributed by atoms with E-state index in [4.69, 9.17) is 0 Å². The maximum atomic E-state index is 4.05. The summed E-state index contributed by atoms with van der Waals surface area (Å²) in [4.78, 5) is 4.05. The number of hydrogen-bond acceptors (Lipinski definition) is 2. The fraction of sp³-hybridized carbons (Fsp3) is 0.727. The first kappa shape index (κ1) is 11.2. The molecule has 0 aliphatic rings. The van der Waals surface area contributed by atoms with Crippen LogP contribution in [0.4, 0.5) is 0 Å². The van der Waals surface area contributed by atoms with Crippen molar-refractivity contribution in [1.29, 1.82) is 0 Å². The molecule has 0 aliphatic heterocycles. The van der Waals surface area contributed by atoms with Gasteiger partial charge in [0, 0.05) is 30.5 Å². The Kier molecular flexibility index (Phi) is 3.69. The third-order valence-corrected chi connectivity index (χ3v) is 2.51. The Morgan fingerprint density at radius 1 is 1.50 bits per heavy atom. The van der Waals surface area contributed by atoms with Crippen LogP contribution in [0.15, 0.2) is 18.7 Å². The molecule has 1 unspecified atom stereocenters. The van der Waals surface area contributed by atoms with Crippen LogP contribution < -0.4 is 5.32 Å². The average molecular weight is 195 g/mol. The van der Waals surface area contributed by atoms with E-state index in [1.807, 2.05) is 18.7 Å². The second kappa shape index (κ2) is 4.60. The van der Waals surface area contributed by atoms with Gasteiger partial charge in [-0.15, -0.1) is 0 Å². The van der Waals surface area contributed by atoms with Gasteiger partial charge in [0.05, 0.1) is 6.33 Å². The second-order valence-electron chi connectivity index (χ2n) is 4.45. The molecule has 0 aliphatic carbocycles. The predicted molar refractivity (Wildman–Crippen MR) is 59.2 cm³/mol. The Labute approximate surface area is 86.5 Å². The number of nitrogens with zero attached hydrogens (tertiary/aromatic N) is 2. The summed E-state index contributed by atoms with van der Waals surface area (Å²) in [6.45, 7) is 9.81. The van der Waals surface area contributed by atoms with Gasteiger partial charge in [-0.1, -0.05) is 20.8 Å². The molecule has 1 aromatic rings. The van der Waals surface area contributed by atoms with Gasteiger partial charge in [-0.2, -0.15) is 0 Å². The smallest absolute Gasteiger partial charge is 0.0946 e. The molecule has 3 heteroatoms. The lowest BCUT2D eigenvalue weighted by Gasteiger charge is -2.32. The van der Waals surface area contributed by atoms with Crippen LogP contribution in [0.25, 0.3) is 0 Å². The summed E-state index contributed by atoms with van der Waals surface area (Å²) in [6.07, 6.45) is 6.82. The Hall–Kier alpha value is -0.830. The van der Waals surface area contributed by atoms with E-state index in [-0.39, 0.29) is 5.54 Å². The minimum Gasteiger partial charge on any atom is -0.336 e. The van der Waals surface area contributed by atoms with Crippen molar-refractivity contribution in [3.05, 3.63) is 18.7 Å². The Balaban J connectivity index is 2.61. The molecule has 0 bridgehead atoms. The van der Waals surface area contributed by atoms with E-state index in [1.54, 1.807) is 0 Å². The molecule has 80 valence electrons. The highest BCUT2D eigenvalue weighted by Crippen LogP contribution is 2.13. The molecule has 0 spiro atoms. The zero-order chi connectivity index (χ0) is 10.6. The second-order valence-corrected chi connectivity index (χ2v) is 4.45. The molecule has 0 saturated heterocycles. The van der Waals surface area contributed by atoms with Gasteiger partial charge in [-0.25, -0.2) is 4.98 Å². The molecule has 3 nitrogen and oxygen atoms in total. The average Bonchev–Trinajstić information content (AvgIpc) is 2.55. The lowest BCUT2D eigenvalue weighted by molar-refractivity contribution is 0.275. The highest BCUT2D eigenvalue weighted by Gasteiger charge is 2.22. The summed E-state index contributed by atoms with van der Waals surface area (Å²) in [7, 11) is 0. The van der Waals surface area contributed by atoms with Crippen LogP contribution in [0.3, 0.4) is 0 Å². The molecule has 1 heterocycles. The summed E-state index contributed by atoms with van der Waals surface area (Å²) < 4.78 is 2.12. The maximum absolute atomic E-state index is 4.05. The third kappa shape index (κ3) is 3.14. The van der Waals surface area contributed by atoms with Gasteiger partial charge in [0.2, 0.25) is 0 Å². The van der Waals surface area contributed by atoms with Crippen LogP contribution in [0.5, 0.6) is 0 Å². The Morgan fingerprint density at radius 2 is 2.21 bits per heavy atom. The minimum atomic E-state index is 0.162. The zero-order valence-electron chi connectivity index (χ0n) is 9.62. The predicted octanol–water partition coefficient (Wildman–Crippen LogP) is 2.05. The highest BCUT2D eigenvalue weighted by molar-refractivity contribution is 4.86. The first-order valence-electron chi connectivity index (χ1n) is 5.29. The lowest BCUT2D eigenvalue weighted by atomic mass is 9.97. The quantitative estimate of drug-likeness (QED) is 0.779. The van der Waals surface area contributed by atoms with E-state index in [9.17, 15) is 0 Å². The van der Waals surface area contributed by atoms with Gasteiger partial charge in [0.15, 0.2) is 0 Å². The van der Waals surface area contributed by atoms with E-state index in [0.29, 0.717) is 6.04 Å². The first-order chi connectivity index (χ1) is 6.56. The molecule has 1 aromatic heterocycles. The van der Waals surface area contributed by atoms with Crippen molar-refractivity contribution in [3.63, 3.8) is 0 Å². The van der Waals surface area contributed by atoms with E-state index in [1.165, 1.54) is 0 Å². The van der Waals surface area contributed by atoms with Crippen LogP contribution in [-0.2, 0) is 6.54 Å². The van der Waals surface area contributed by atoms with Crippen molar-refractivity contribution in [3.8, 4) is 0 Å². The summed E-state index contributed by atoms with van der Waals surface area (Å²) in [5, 5.41) is 3.60. The van der Waals surface area contributed by atoms with Crippen LogP contribution >= 0.6 is 0 Å². The largest absolute Gasteiger partial charge is 0.336 e. The number of aromatic nitrogens is 2. The van der Waals surface area contributed by atoms with Gasteiger partial charge >= 0.3 is 0 Å². The molecular weight excluding hydrogens is 174 g/mol. The number of nitrogens with one attached hydrogen (secondary N) is 1. The monoisotopic (exact) mass is 195 g/mol. The molecule has 1 atom stereocenters. The molecule has 1 rings (SSSR count). The highest BCUT2D eigenvalue weighted by atomic mass is 15.1. The maximum Gasteiger partial charge on any atom is 0.0946 e. The van der Waals surface area contributed by atoms with Gasteiger partial charge in [0.1, 0.15) is 0 Å². The summed E-state index contributed by atoms with van der Waals surface area (Å²) >= 11 is 0. The molecule has 0 aromatic carbocycles. The molecular formula is C11H21N3. The zero-order valence-corrected chi connectivity index (χ0v) is 9.62. The number of rotatable bonds is 5. The molecule has 0 fully saturated rings. The van der Waals surface area contributed by atoms with Crippen LogP contribution in [0, 0.1) is 0 Å². The normalized spacial score (nSPS) is 15.8. The van der Waals surface area contributed by atoms with Crippen molar-refractivity contribution < 1.29 is 0 Å². The number of hydrogen-bond donors (Lipinski definition) is 1. The summed E-state index contributed by atoms with van der Waals surface area (Å²) in [6, 6.07) is 0.517. The number of imidazole rings is 1. The first-order valence-corrected chi connectivity index (χ1v) is 5.29. The van der Waals surface area contributed by atoms with E-state index in [2.05, 4.69) is 42.6 Å². The van der Waals surface area contributed by atoms with E-state index < -0.39 is 0 Å². The molecule has 14 heavy (non-hydrogen) atoms. The van der Waals surface area contributed by atoms with Gasteiger partial charge in [-0.05, 0) is 13.3 Å². The SMILES string of the molecule is CCC(C)(Cn1ccnc1)NC(C)C. The molecule has 1 N–H and O–H groups in total. The molecule has 0 saturated carbocycles. The van der Waals surface area contributed by atoms with Crippen molar-refractivity contribution >= 4 is 0 Å². The topological polar surface area (TPSA) is 29.9 Å². The lowest BCUT2D eigenvalue weighted by Crippen LogP contribution is -2.48. The minimum absolute atomic E-state index is 0.162. The third-order valence-electron chi connectivity index (χ3n) is 2.51. The van der Waals surface area contributed by atoms with E-state index >= 15 is 0 Å². The van der Waals surface area contributed by atoms with Gasteiger partial charge in [-0.3, -0.25) is 0 Å². The molecule has 0 radical (unpaired) electrons. The Bertz CT molecular complexity index is 254. The van der Waals surface area contributed by atoms with Crippen molar-refractivity contribution in [2.45, 2.75) is 52.2 Å². The van der Waals surface area contributed by atoms with Crippen LogP contribution in [0.1, 0.15) is 34.1 Å². The fourth-order valence-corrected chi connectivity index (χ4v) is 1.74. The van der Waals surface area contributed by atoms with Crippen LogP contribution in [-0.4, -0.2) is 21.1 Å². The van der Waals surface area contributed by atoms with Crippen molar-refractivity contribution in [2.24, 2.45) is 0 Å². The van der Waals surface area contributed by atoms with Gasteiger partial charge < -0.3 is 9.88 Å². The standard InChI is InChI=1S/C11H21N3/c1-5-11(4,13-10(2)3)8-14-7-6-12-9-14/h6-7,9-10,13H,5,8H2,1-4H3. The Morgan fingerprint density at radius 3 is 2.64 bits per heavy atom. The molecule has 0 amide bonds. The van der Waals surface area contributed by atoms with E-state index in [0.717, 1.165) is 13.0 Å². The van der Waals surface area contributed by atoms with Gasteiger partial charge in [0.25, 0.3) is 0 Å². The summed E-state index contributed by atoms with van der Waals surface area (Å²) in [5.74, 6) is 0. The van der Waals surface area contributed by atoms with Crippen LogP contribution in [0.2, 0.25) is 0 Å².